The average molecular weight is 287 g/mol. The molecule has 4 nitrogen and oxygen atoms in total. The molecule has 2 unspecified atom stereocenters. The van der Waals surface area contributed by atoms with Gasteiger partial charge in [-0.25, -0.2) is 0 Å². The van der Waals surface area contributed by atoms with Gasteiger partial charge in [-0.15, -0.1) is 0 Å². The Kier molecular flexibility index (Phi) is 10.3. The fraction of sp³-hybridized carbons (Fsp3) is 1.00. The molecule has 1 fully saturated rings. The van der Waals surface area contributed by atoms with E-state index in [2.05, 4.69) is 19.3 Å². The molecule has 0 bridgehead atoms. The van der Waals surface area contributed by atoms with Crippen molar-refractivity contribution in [1.29, 1.82) is 0 Å². The molecule has 0 aromatic carbocycles. The number of hydrogen-bond acceptors (Lipinski definition) is 4. The second-order valence-electron chi connectivity index (χ2n) is 5.98. The predicted molar refractivity (Wildman–Crippen MR) is 81.5 cm³/mol. The van der Waals surface area contributed by atoms with Crippen LogP contribution in [-0.4, -0.2) is 37.1 Å². The number of aliphatic hydroxyl groups excluding tert-OH is 1. The Balaban J connectivity index is 1.96. The number of aliphatic hydroxyl groups is 1. The first kappa shape index (κ1) is 17.9. The molecule has 4 heteroatoms. The van der Waals surface area contributed by atoms with Crippen molar-refractivity contribution in [1.82, 2.24) is 5.48 Å². The molecular weight excluding hydrogens is 254 g/mol. The molecule has 1 rings (SSSR count). The van der Waals surface area contributed by atoms with Crippen LogP contribution in [0.1, 0.15) is 65.2 Å². The number of rotatable bonds is 12. The monoisotopic (exact) mass is 287 g/mol. The normalized spacial score (nSPS) is 19.4. The van der Waals surface area contributed by atoms with Gasteiger partial charge in [-0.05, 0) is 25.2 Å². The lowest BCUT2D eigenvalue weighted by Crippen LogP contribution is -2.33. The number of nitrogens with one attached hydrogen (secondary N) is 1. The molecule has 0 aliphatic heterocycles. The molecule has 0 radical (unpaired) electrons. The Bertz CT molecular complexity index is 220. The lowest BCUT2D eigenvalue weighted by Gasteiger charge is -2.18. The number of unbranched alkanes of at least 4 members (excludes halogenated alkanes) is 1. The molecule has 120 valence electrons. The summed E-state index contributed by atoms with van der Waals surface area (Å²) in [6.07, 6.45) is 9.52. The van der Waals surface area contributed by atoms with Crippen LogP contribution in [0.4, 0.5) is 0 Å². The highest BCUT2D eigenvalue weighted by Crippen LogP contribution is 2.19. The molecule has 0 aromatic heterocycles. The maximum Gasteiger partial charge on any atom is 0.0920 e. The van der Waals surface area contributed by atoms with Crippen molar-refractivity contribution < 1.29 is 14.7 Å². The highest BCUT2D eigenvalue weighted by atomic mass is 16.7. The predicted octanol–water partition coefficient (Wildman–Crippen LogP) is 3.04. The van der Waals surface area contributed by atoms with Crippen molar-refractivity contribution in [2.75, 3.05) is 19.8 Å². The Morgan fingerprint density at radius 3 is 2.60 bits per heavy atom. The van der Waals surface area contributed by atoms with Crippen molar-refractivity contribution in [3.63, 3.8) is 0 Å². The van der Waals surface area contributed by atoms with E-state index in [0.29, 0.717) is 25.2 Å². The van der Waals surface area contributed by atoms with Gasteiger partial charge in [-0.2, -0.15) is 5.48 Å². The molecule has 1 aliphatic carbocycles. The first-order valence-corrected chi connectivity index (χ1v) is 8.40. The van der Waals surface area contributed by atoms with Crippen LogP contribution in [0.3, 0.4) is 0 Å². The zero-order valence-corrected chi connectivity index (χ0v) is 13.3. The van der Waals surface area contributed by atoms with Crippen LogP contribution in [0.2, 0.25) is 0 Å². The number of hydroxylamine groups is 1. The maximum atomic E-state index is 9.82. The van der Waals surface area contributed by atoms with Gasteiger partial charge in [0.15, 0.2) is 0 Å². The van der Waals surface area contributed by atoms with Crippen molar-refractivity contribution in [3.05, 3.63) is 0 Å². The molecule has 0 amide bonds. The Morgan fingerprint density at radius 1 is 1.20 bits per heavy atom. The molecule has 0 aromatic rings. The van der Waals surface area contributed by atoms with E-state index in [1.54, 1.807) is 0 Å². The maximum absolute atomic E-state index is 9.82. The Labute approximate surface area is 124 Å². The first-order chi connectivity index (χ1) is 9.76. The van der Waals surface area contributed by atoms with Crippen LogP contribution >= 0.6 is 0 Å². The number of hydrogen-bond donors (Lipinski definition) is 2. The fourth-order valence-electron chi connectivity index (χ4n) is 2.60. The quantitative estimate of drug-likeness (QED) is 0.542. The van der Waals surface area contributed by atoms with Gasteiger partial charge in [0.2, 0.25) is 0 Å². The lowest BCUT2D eigenvalue weighted by atomic mass is 10.0. The van der Waals surface area contributed by atoms with E-state index in [1.807, 2.05) is 0 Å². The third-order valence-electron chi connectivity index (χ3n) is 4.08. The summed E-state index contributed by atoms with van der Waals surface area (Å²) < 4.78 is 5.62. The van der Waals surface area contributed by atoms with Gasteiger partial charge in [-0.3, -0.25) is 4.84 Å². The van der Waals surface area contributed by atoms with Crippen LogP contribution < -0.4 is 5.48 Å². The Morgan fingerprint density at radius 2 is 1.95 bits per heavy atom. The molecule has 1 saturated carbocycles. The summed E-state index contributed by atoms with van der Waals surface area (Å²) in [5.41, 5.74) is 2.88. The summed E-state index contributed by atoms with van der Waals surface area (Å²) in [4.78, 5) is 5.51. The van der Waals surface area contributed by atoms with E-state index in [4.69, 9.17) is 9.57 Å². The second-order valence-corrected chi connectivity index (χ2v) is 5.98. The summed E-state index contributed by atoms with van der Waals surface area (Å²) in [7, 11) is 0. The average Bonchev–Trinajstić information content (AvgIpc) is 2.96. The van der Waals surface area contributed by atoms with Crippen molar-refractivity contribution >= 4 is 0 Å². The van der Waals surface area contributed by atoms with E-state index in [0.717, 1.165) is 25.9 Å². The SMILES string of the molecule is CCCCC(CC)COCC(O)CNOC1CCCC1. The van der Waals surface area contributed by atoms with Crippen LogP contribution in [-0.2, 0) is 9.57 Å². The molecular formula is C16H33NO3. The molecule has 0 heterocycles. The summed E-state index contributed by atoms with van der Waals surface area (Å²) in [5.74, 6) is 0.629. The van der Waals surface area contributed by atoms with Gasteiger partial charge in [0.25, 0.3) is 0 Å². The van der Waals surface area contributed by atoms with Gasteiger partial charge in [0, 0.05) is 13.2 Å². The van der Waals surface area contributed by atoms with Gasteiger partial charge >= 0.3 is 0 Å². The topological polar surface area (TPSA) is 50.7 Å². The minimum Gasteiger partial charge on any atom is -0.389 e. The summed E-state index contributed by atoms with van der Waals surface area (Å²) in [5, 5.41) is 9.82. The fourth-order valence-corrected chi connectivity index (χ4v) is 2.60. The third-order valence-corrected chi connectivity index (χ3v) is 4.08. The number of ether oxygens (including phenoxy) is 1. The highest BCUT2D eigenvalue weighted by Gasteiger charge is 2.16. The van der Waals surface area contributed by atoms with E-state index in [9.17, 15) is 5.11 Å². The van der Waals surface area contributed by atoms with E-state index < -0.39 is 6.10 Å². The van der Waals surface area contributed by atoms with Gasteiger partial charge in [-0.1, -0.05) is 46.0 Å². The van der Waals surface area contributed by atoms with Gasteiger partial charge < -0.3 is 9.84 Å². The lowest BCUT2D eigenvalue weighted by molar-refractivity contribution is -0.0521. The van der Waals surface area contributed by atoms with Crippen molar-refractivity contribution in [2.24, 2.45) is 5.92 Å². The molecule has 2 N–H and O–H groups in total. The van der Waals surface area contributed by atoms with Crippen molar-refractivity contribution in [2.45, 2.75) is 77.4 Å². The van der Waals surface area contributed by atoms with E-state index >= 15 is 0 Å². The van der Waals surface area contributed by atoms with E-state index in [-0.39, 0.29) is 0 Å². The zero-order valence-electron chi connectivity index (χ0n) is 13.3. The van der Waals surface area contributed by atoms with Crippen molar-refractivity contribution in [3.8, 4) is 0 Å². The zero-order chi connectivity index (χ0) is 14.6. The summed E-state index contributed by atoms with van der Waals surface area (Å²) >= 11 is 0. The standard InChI is InChI=1S/C16H33NO3/c1-3-5-8-14(4-2)12-19-13-15(18)11-17-20-16-9-6-7-10-16/h14-18H,3-13H2,1-2H3. The molecule has 2 atom stereocenters. The molecule has 1 aliphatic rings. The van der Waals surface area contributed by atoms with Crippen LogP contribution in [0.5, 0.6) is 0 Å². The van der Waals surface area contributed by atoms with Crippen LogP contribution in [0.25, 0.3) is 0 Å². The minimum atomic E-state index is -0.486. The minimum absolute atomic E-state index is 0.335. The second kappa shape index (κ2) is 11.5. The van der Waals surface area contributed by atoms with Crippen LogP contribution in [0, 0.1) is 5.92 Å². The highest BCUT2D eigenvalue weighted by molar-refractivity contribution is 4.66. The van der Waals surface area contributed by atoms with Crippen LogP contribution in [0.15, 0.2) is 0 Å². The molecule has 0 spiro atoms. The first-order valence-electron chi connectivity index (χ1n) is 8.40. The summed E-state index contributed by atoms with van der Waals surface area (Å²) in [6, 6.07) is 0. The molecule has 0 saturated heterocycles. The Hall–Kier alpha value is -0.160. The summed E-state index contributed by atoms with van der Waals surface area (Å²) in [6.45, 7) is 6.02. The van der Waals surface area contributed by atoms with E-state index in [1.165, 1.54) is 32.1 Å². The smallest absolute Gasteiger partial charge is 0.0920 e. The molecule has 20 heavy (non-hydrogen) atoms. The van der Waals surface area contributed by atoms with Gasteiger partial charge in [0.1, 0.15) is 0 Å². The van der Waals surface area contributed by atoms with Gasteiger partial charge in [0.05, 0.1) is 18.8 Å². The third kappa shape index (κ3) is 8.20. The largest absolute Gasteiger partial charge is 0.389 e.